The van der Waals surface area contributed by atoms with Crippen molar-refractivity contribution in [3.8, 4) is 0 Å². The number of ether oxygens (including phenoxy) is 1. The molecule has 110 valence electrons. The van der Waals surface area contributed by atoms with Crippen molar-refractivity contribution in [2.75, 3.05) is 32.1 Å². The Morgan fingerprint density at radius 2 is 2.00 bits per heavy atom. The fourth-order valence-corrected chi connectivity index (χ4v) is 2.34. The molecule has 5 heteroatoms. The monoisotopic (exact) mass is 277 g/mol. The van der Waals surface area contributed by atoms with Gasteiger partial charge < -0.3 is 20.7 Å². The fourth-order valence-electron chi connectivity index (χ4n) is 2.34. The van der Waals surface area contributed by atoms with Gasteiger partial charge >= 0.3 is 6.03 Å². The van der Waals surface area contributed by atoms with E-state index in [4.69, 9.17) is 10.5 Å². The van der Waals surface area contributed by atoms with Gasteiger partial charge in [-0.25, -0.2) is 4.79 Å². The summed E-state index contributed by atoms with van der Waals surface area (Å²) in [5.74, 6) is 0.541. The molecule has 0 aliphatic carbocycles. The van der Waals surface area contributed by atoms with Crippen molar-refractivity contribution in [1.29, 1.82) is 0 Å². The Bertz CT molecular complexity index is 427. The molecule has 0 saturated carbocycles. The van der Waals surface area contributed by atoms with Crippen LogP contribution in [0.25, 0.3) is 0 Å². The molecule has 0 atom stereocenters. The van der Waals surface area contributed by atoms with Crippen LogP contribution in [0, 0.1) is 5.92 Å². The number of rotatable bonds is 4. The number of hydrogen-bond acceptors (Lipinski definition) is 3. The van der Waals surface area contributed by atoms with Gasteiger partial charge in [0, 0.05) is 39.0 Å². The zero-order chi connectivity index (χ0) is 14.4. The van der Waals surface area contributed by atoms with Gasteiger partial charge in [0.25, 0.3) is 0 Å². The minimum atomic E-state index is -0.0722. The number of hydrogen-bond donors (Lipinski definition) is 2. The predicted molar refractivity (Wildman–Crippen MR) is 79.5 cm³/mol. The van der Waals surface area contributed by atoms with Gasteiger partial charge in [0.05, 0.1) is 0 Å². The zero-order valence-corrected chi connectivity index (χ0v) is 12.0. The maximum absolute atomic E-state index is 12.1. The number of nitrogens with two attached hydrogens (primary N) is 1. The molecule has 0 unspecified atom stereocenters. The number of carbonyl (C=O) groups is 1. The molecule has 0 bridgehead atoms. The maximum atomic E-state index is 12.1. The van der Waals surface area contributed by atoms with Crippen molar-refractivity contribution < 1.29 is 9.53 Å². The van der Waals surface area contributed by atoms with Gasteiger partial charge in [-0.2, -0.15) is 0 Å². The molecule has 20 heavy (non-hydrogen) atoms. The predicted octanol–water partition coefficient (Wildman–Crippen LogP) is 2.04. The molecule has 0 radical (unpaired) electrons. The van der Waals surface area contributed by atoms with E-state index in [1.165, 1.54) is 0 Å². The van der Waals surface area contributed by atoms with E-state index in [1.807, 2.05) is 31.3 Å². The van der Waals surface area contributed by atoms with Gasteiger partial charge in [-0.1, -0.05) is 12.1 Å². The number of nitrogens with zero attached hydrogens (tertiary/aromatic N) is 1. The van der Waals surface area contributed by atoms with Crippen LogP contribution in [-0.2, 0) is 11.3 Å². The highest BCUT2D eigenvalue weighted by atomic mass is 16.5. The molecule has 5 nitrogen and oxygen atoms in total. The molecule has 1 aromatic carbocycles. The maximum Gasteiger partial charge on any atom is 0.321 e. The Morgan fingerprint density at radius 3 is 2.60 bits per heavy atom. The van der Waals surface area contributed by atoms with Crippen LogP contribution in [0.4, 0.5) is 10.5 Å². The first-order valence-electron chi connectivity index (χ1n) is 7.08. The number of carbonyl (C=O) groups excluding carboxylic acids is 1. The van der Waals surface area contributed by atoms with Crippen LogP contribution in [0.1, 0.15) is 18.4 Å². The molecule has 0 spiro atoms. The van der Waals surface area contributed by atoms with Gasteiger partial charge in [0.15, 0.2) is 0 Å². The van der Waals surface area contributed by atoms with Crippen molar-refractivity contribution >= 4 is 11.7 Å². The lowest BCUT2D eigenvalue weighted by atomic mass is 10.00. The highest BCUT2D eigenvalue weighted by Crippen LogP contribution is 2.16. The summed E-state index contributed by atoms with van der Waals surface area (Å²) >= 11 is 0. The molecule has 1 heterocycles. The van der Waals surface area contributed by atoms with E-state index in [0.29, 0.717) is 12.5 Å². The van der Waals surface area contributed by atoms with E-state index >= 15 is 0 Å². The van der Waals surface area contributed by atoms with Crippen molar-refractivity contribution in [1.82, 2.24) is 4.90 Å². The summed E-state index contributed by atoms with van der Waals surface area (Å²) in [7, 11) is 1.83. The standard InChI is InChI=1S/C15H23N3O2/c1-18(11-13-6-8-20-9-7-13)15(19)17-14-4-2-12(10-16)3-5-14/h2-5,13H,6-11,16H2,1H3,(H,17,19). The van der Waals surface area contributed by atoms with Crippen molar-refractivity contribution in [3.05, 3.63) is 29.8 Å². The van der Waals surface area contributed by atoms with Crippen LogP contribution >= 0.6 is 0 Å². The first kappa shape index (κ1) is 14.8. The van der Waals surface area contributed by atoms with Gasteiger partial charge in [-0.15, -0.1) is 0 Å². The lowest BCUT2D eigenvalue weighted by Gasteiger charge is -2.27. The molecular weight excluding hydrogens is 254 g/mol. The normalized spacial score (nSPS) is 15.9. The van der Waals surface area contributed by atoms with Crippen LogP contribution in [0.2, 0.25) is 0 Å². The molecule has 2 rings (SSSR count). The van der Waals surface area contributed by atoms with Gasteiger partial charge in [-0.3, -0.25) is 0 Å². The number of anilines is 1. The van der Waals surface area contributed by atoms with Gasteiger partial charge in [0.1, 0.15) is 0 Å². The minimum absolute atomic E-state index is 0.0722. The summed E-state index contributed by atoms with van der Waals surface area (Å²) < 4.78 is 5.33. The lowest BCUT2D eigenvalue weighted by Crippen LogP contribution is -2.36. The molecule has 2 amide bonds. The Labute approximate surface area is 120 Å². The second-order valence-corrected chi connectivity index (χ2v) is 5.27. The van der Waals surface area contributed by atoms with Crippen molar-refractivity contribution in [2.24, 2.45) is 11.7 Å². The second kappa shape index (κ2) is 7.26. The average Bonchev–Trinajstić information content (AvgIpc) is 2.49. The summed E-state index contributed by atoms with van der Waals surface area (Å²) in [6, 6.07) is 7.53. The number of benzene rings is 1. The third kappa shape index (κ3) is 4.21. The molecule has 1 aliphatic rings. The number of nitrogens with one attached hydrogen (secondary N) is 1. The van der Waals surface area contributed by atoms with Crippen molar-refractivity contribution in [3.63, 3.8) is 0 Å². The highest BCUT2D eigenvalue weighted by molar-refractivity contribution is 5.89. The molecule has 1 saturated heterocycles. The average molecular weight is 277 g/mol. The first-order valence-corrected chi connectivity index (χ1v) is 7.08. The highest BCUT2D eigenvalue weighted by Gasteiger charge is 2.18. The molecule has 1 aromatic rings. The summed E-state index contributed by atoms with van der Waals surface area (Å²) in [5, 5.41) is 2.90. The van der Waals surface area contributed by atoms with Gasteiger partial charge in [-0.05, 0) is 36.5 Å². The Hall–Kier alpha value is -1.59. The van der Waals surface area contributed by atoms with Crippen LogP contribution < -0.4 is 11.1 Å². The summed E-state index contributed by atoms with van der Waals surface area (Å²) in [4.78, 5) is 13.8. The summed E-state index contributed by atoms with van der Waals surface area (Å²) in [6.07, 6.45) is 2.06. The first-order chi connectivity index (χ1) is 9.69. The summed E-state index contributed by atoms with van der Waals surface area (Å²) in [5.41, 5.74) is 7.40. The lowest BCUT2D eigenvalue weighted by molar-refractivity contribution is 0.0592. The second-order valence-electron chi connectivity index (χ2n) is 5.27. The molecule has 3 N–H and O–H groups in total. The van der Waals surface area contributed by atoms with E-state index < -0.39 is 0 Å². The molecular formula is C15H23N3O2. The van der Waals surface area contributed by atoms with E-state index in [1.54, 1.807) is 4.90 Å². The fraction of sp³-hybridized carbons (Fsp3) is 0.533. The zero-order valence-electron chi connectivity index (χ0n) is 12.0. The largest absolute Gasteiger partial charge is 0.381 e. The summed E-state index contributed by atoms with van der Waals surface area (Å²) in [6.45, 7) is 2.90. The van der Waals surface area contributed by atoms with Crippen LogP contribution in [0.5, 0.6) is 0 Å². The topological polar surface area (TPSA) is 67.6 Å². The number of amides is 2. The smallest absolute Gasteiger partial charge is 0.321 e. The Morgan fingerprint density at radius 1 is 1.35 bits per heavy atom. The molecule has 0 aromatic heterocycles. The van der Waals surface area contributed by atoms with E-state index in [2.05, 4.69) is 5.32 Å². The van der Waals surface area contributed by atoms with E-state index in [0.717, 1.165) is 43.9 Å². The molecule has 1 fully saturated rings. The Balaban J connectivity index is 1.83. The van der Waals surface area contributed by atoms with Crippen LogP contribution in [-0.4, -0.2) is 37.7 Å². The van der Waals surface area contributed by atoms with E-state index in [-0.39, 0.29) is 6.03 Å². The number of urea groups is 1. The third-order valence-electron chi connectivity index (χ3n) is 3.66. The van der Waals surface area contributed by atoms with Crippen LogP contribution in [0.3, 0.4) is 0 Å². The van der Waals surface area contributed by atoms with Crippen LogP contribution in [0.15, 0.2) is 24.3 Å². The molecule has 1 aliphatic heterocycles. The third-order valence-corrected chi connectivity index (χ3v) is 3.66. The quantitative estimate of drug-likeness (QED) is 0.885. The minimum Gasteiger partial charge on any atom is -0.381 e. The van der Waals surface area contributed by atoms with Gasteiger partial charge in [0.2, 0.25) is 0 Å². The SMILES string of the molecule is CN(CC1CCOCC1)C(=O)Nc1ccc(CN)cc1. The van der Waals surface area contributed by atoms with E-state index in [9.17, 15) is 4.79 Å². The van der Waals surface area contributed by atoms with Crippen molar-refractivity contribution in [2.45, 2.75) is 19.4 Å². The Kier molecular flexibility index (Phi) is 5.38.